The van der Waals surface area contributed by atoms with E-state index in [2.05, 4.69) is 10.6 Å². The summed E-state index contributed by atoms with van der Waals surface area (Å²) in [4.78, 5) is 40.3. The summed E-state index contributed by atoms with van der Waals surface area (Å²) in [7, 11) is 0. The highest BCUT2D eigenvalue weighted by Gasteiger charge is 2.42. The van der Waals surface area contributed by atoms with Crippen LogP contribution in [-0.2, 0) is 21.9 Å². The van der Waals surface area contributed by atoms with Gasteiger partial charge in [0.05, 0.1) is 21.6 Å². The fourth-order valence-electron chi connectivity index (χ4n) is 5.26. The molecule has 1 atom stereocenters. The molecule has 0 saturated carbocycles. The molecule has 2 aromatic carbocycles. The Morgan fingerprint density at radius 2 is 1.62 bits per heavy atom. The molecule has 7 nitrogen and oxygen atoms in total. The SMILES string of the molecule is O=C(O)c1ccc(NC(=O)[C@H](CC2CCNCC2)N2C(=O)/C(=C/c3cc(-c4cc(C(F)(F)F)cc(C(F)(F)F)c4)cs3)SC2=S)cc1. The number of thiocarbonyl (C=S) groups is 1. The van der Waals surface area contributed by atoms with Gasteiger partial charge in [0.1, 0.15) is 10.4 Å². The number of carboxylic acid groups (broad SMARTS) is 1. The van der Waals surface area contributed by atoms with Crippen LogP contribution in [0.4, 0.5) is 32.0 Å². The van der Waals surface area contributed by atoms with Crippen molar-refractivity contribution in [3.8, 4) is 11.1 Å². The molecule has 3 N–H and O–H groups in total. The predicted molar refractivity (Wildman–Crippen MR) is 171 cm³/mol. The zero-order valence-electron chi connectivity index (χ0n) is 24.1. The van der Waals surface area contributed by atoms with Crippen LogP contribution in [0.5, 0.6) is 0 Å². The molecule has 0 radical (unpaired) electrons. The summed E-state index contributed by atoms with van der Waals surface area (Å²) in [6, 6.07) is 7.25. The van der Waals surface area contributed by atoms with E-state index in [4.69, 9.17) is 17.3 Å². The average molecular weight is 714 g/mol. The number of thioether (sulfide) groups is 1. The number of aromatic carboxylic acids is 1. The maximum atomic E-state index is 13.7. The molecular formula is C31H25F6N3O4S3. The van der Waals surface area contributed by atoms with Crippen LogP contribution in [0.25, 0.3) is 17.2 Å². The van der Waals surface area contributed by atoms with E-state index < -0.39 is 47.3 Å². The Kier molecular flexibility index (Phi) is 10.1. The lowest BCUT2D eigenvalue weighted by atomic mass is 9.90. The number of nitrogens with zero attached hydrogens (tertiary/aromatic N) is 1. The summed E-state index contributed by atoms with van der Waals surface area (Å²) in [6.45, 7) is 1.48. The fraction of sp³-hybridized carbons (Fsp3) is 0.290. The van der Waals surface area contributed by atoms with Crippen LogP contribution < -0.4 is 10.6 Å². The third kappa shape index (κ3) is 8.23. The monoisotopic (exact) mass is 713 g/mol. The van der Waals surface area contributed by atoms with Crippen molar-refractivity contribution < 1.29 is 45.8 Å². The van der Waals surface area contributed by atoms with Gasteiger partial charge in [-0.3, -0.25) is 14.5 Å². The number of carboxylic acids is 1. The highest BCUT2D eigenvalue weighted by atomic mass is 32.2. The van der Waals surface area contributed by atoms with Crippen LogP contribution in [0.3, 0.4) is 0 Å². The van der Waals surface area contributed by atoms with Gasteiger partial charge in [-0.25, -0.2) is 4.79 Å². The number of halogens is 6. The van der Waals surface area contributed by atoms with Gasteiger partial charge in [0, 0.05) is 10.6 Å². The van der Waals surface area contributed by atoms with Gasteiger partial charge in [-0.15, -0.1) is 11.3 Å². The number of alkyl halides is 6. The van der Waals surface area contributed by atoms with Crippen LogP contribution in [-0.4, -0.2) is 51.2 Å². The first kappa shape index (κ1) is 34.6. The molecule has 2 aliphatic rings. The summed E-state index contributed by atoms with van der Waals surface area (Å²) in [5.74, 6) is -2.12. The van der Waals surface area contributed by atoms with E-state index in [0.717, 1.165) is 49.0 Å². The number of amides is 2. The number of thiophene rings is 1. The van der Waals surface area contributed by atoms with Gasteiger partial charge in [0.15, 0.2) is 0 Å². The van der Waals surface area contributed by atoms with Crippen molar-refractivity contribution in [3.05, 3.63) is 80.4 Å². The number of rotatable bonds is 8. The molecule has 248 valence electrons. The first-order chi connectivity index (χ1) is 22.1. The largest absolute Gasteiger partial charge is 0.478 e. The van der Waals surface area contributed by atoms with Crippen molar-refractivity contribution in [2.75, 3.05) is 18.4 Å². The molecule has 16 heteroatoms. The van der Waals surface area contributed by atoms with Gasteiger partial charge in [0.2, 0.25) is 5.91 Å². The van der Waals surface area contributed by atoms with Crippen LogP contribution in [0, 0.1) is 5.92 Å². The second-order valence-electron chi connectivity index (χ2n) is 10.9. The Hall–Kier alpha value is -3.73. The number of piperidine rings is 1. The van der Waals surface area contributed by atoms with Crippen molar-refractivity contribution in [2.45, 2.75) is 37.7 Å². The van der Waals surface area contributed by atoms with Crippen molar-refractivity contribution >= 4 is 69.2 Å². The highest BCUT2D eigenvalue weighted by Crippen LogP contribution is 2.41. The van der Waals surface area contributed by atoms with Crippen LogP contribution in [0.1, 0.15) is 45.6 Å². The Bertz CT molecular complexity index is 1700. The Morgan fingerprint density at radius 1 is 1.00 bits per heavy atom. The summed E-state index contributed by atoms with van der Waals surface area (Å²) in [5.41, 5.74) is -2.71. The Balaban J connectivity index is 1.41. The quantitative estimate of drug-likeness (QED) is 0.125. The predicted octanol–water partition coefficient (Wildman–Crippen LogP) is 7.75. The lowest BCUT2D eigenvalue weighted by molar-refractivity contribution is -0.143. The molecule has 2 amide bonds. The highest BCUT2D eigenvalue weighted by molar-refractivity contribution is 8.26. The molecule has 2 saturated heterocycles. The molecule has 0 aliphatic carbocycles. The molecular weight excluding hydrogens is 689 g/mol. The van der Waals surface area contributed by atoms with E-state index in [1.165, 1.54) is 46.7 Å². The maximum absolute atomic E-state index is 13.7. The number of hydrogen-bond donors (Lipinski definition) is 3. The van der Waals surface area contributed by atoms with Crippen molar-refractivity contribution in [1.82, 2.24) is 10.2 Å². The fourth-order valence-corrected chi connectivity index (χ4v) is 7.53. The number of nitrogens with one attached hydrogen (secondary N) is 2. The summed E-state index contributed by atoms with van der Waals surface area (Å²) in [6.07, 6.45) is -6.71. The second kappa shape index (κ2) is 13.8. The molecule has 3 aromatic rings. The third-order valence-electron chi connectivity index (χ3n) is 7.67. The smallest absolute Gasteiger partial charge is 0.416 e. The van der Waals surface area contributed by atoms with Crippen molar-refractivity contribution in [2.24, 2.45) is 5.92 Å². The topological polar surface area (TPSA) is 98.7 Å². The number of benzene rings is 2. The summed E-state index contributed by atoms with van der Waals surface area (Å²) >= 11 is 7.47. The van der Waals surface area contributed by atoms with Crippen molar-refractivity contribution in [1.29, 1.82) is 0 Å². The molecule has 2 fully saturated rings. The minimum Gasteiger partial charge on any atom is -0.478 e. The van der Waals surface area contributed by atoms with Crippen LogP contribution >= 0.6 is 35.3 Å². The third-order valence-corrected chi connectivity index (χ3v) is 9.88. The molecule has 1 aromatic heterocycles. The van der Waals surface area contributed by atoms with Crippen LogP contribution in [0.2, 0.25) is 0 Å². The van der Waals surface area contributed by atoms with Gasteiger partial charge >= 0.3 is 18.3 Å². The first-order valence-electron chi connectivity index (χ1n) is 14.1. The van der Waals surface area contributed by atoms with Gasteiger partial charge in [-0.1, -0.05) is 24.0 Å². The van der Waals surface area contributed by atoms with E-state index >= 15 is 0 Å². The molecule has 0 spiro atoms. The number of carbonyl (C=O) groups excluding carboxylic acids is 2. The number of anilines is 1. The number of carbonyl (C=O) groups is 3. The van der Waals surface area contributed by atoms with E-state index in [-0.39, 0.29) is 37.9 Å². The zero-order valence-corrected chi connectivity index (χ0v) is 26.5. The molecule has 3 heterocycles. The van der Waals surface area contributed by atoms with Gasteiger partial charge in [0.25, 0.3) is 5.91 Å². The van der Waals surface area contributed by atoms with E-state index in [1.54, 1.807) is 0 Å². The normalized spacial score (nSPS) is 17.7. The lowest BCUT2D eigenvalue weighted by Gasteiger charge is -2.31. The van der Waals surface area contributed by atoms with E-state index in [0.29, 0.717) is 29.1 Å². The average Bonchev–Trinajstić information content (AvgIpc) is 3.59. The minimum atomic E-state index is -5.00. The first-order valence-corrected chi connectivity index (χ1v) is 16.2. The Labute approximate surface area is 278 Å². The minimum absolute atomic E-state index is 0.0296. The summed E-state index contributed by atoms with van der Waals surface area (Å²) < 4.78 is 80.5. The molecule has 5 rings (SSSR count). The second-order valence-corrected chi connectivity index (χ2v) is 13.5. The van der Waals surface area contributed by atoms with E-state index in [9.17, 15) is 40.7 Å². The zero-order chi connectivity index (χ0) is 34.1. The maximum Gasteiger partial charge on any atom is 0.416 e. The van der Waals surface area contributed by atoms with Gasteiger partial charge in [-0.2, -0.15) is 26.3 Å². The molecule has 2 aliphatic heterocycles. The Morgan fingerprint density at radius 3 is 2.19 bits per heavy atom. The number of hydrogen-bond acceptors (Lipinski definition) is 7. The van der Waals surface area contributed by atoms with Gasteiger partial charge in [-0.05, 0) is 109 Å². The van der Waals surface area contributed by atoms with E-state index in [1.807, 2.05) is 0 Å². The molecule has 0 unspecified atom stereocenters. The van der Waals surface area contributed by atoms with Gasteiger partial charge < -0.3 is 15.7 Å². The summed E-state index contributed by atoms with van der Waals surface area (Å²) in [5, 5.41) is 16.5. The standard InChI is InChI=1S/C31H25F6N3O4S3/c32-30(33,34)20-10-18(11-21(13-20)31(35,36)37)19-12-23(46-15-19)14-25-27(42)40(29(45)47-25)24(9-16-5-7-38-8-6-16)26(41)39-22-3-1-17(2-4-22)28(43)44/h1-4,10-16,24,38H,5-9H2,(H,39,41)(H,43,44)/b25-14-/t24-/m0/s1. The van der Waals surface area contributed by atoms with Crippen LogP contribution in [0.15, 0.2) is 58.8 Å². The van der Waals surface area contributed by atoms with Crippen molar-refractivity contribution in [3.63, 3.8) is 0 Å². The molecule has 0 bridgehead atoms. The lowest BCUT2D eigenvalue weighted by Crippen LogP contribution is -2.48. The molecule has 47 heavy (non-hydrogen) atoms.